The Balaban J connectivity index is 3.10. The molecular weight excluding hydrogens is 246 g/mol. The van der Waals surface area contributed by atoms with E-state index in [1.54, 1.807) is 6.08 Å². The lowest BCUT2D eigenvalue weighted by Crippen LogP contribution is -2.07. The van der Waals surface area contributed by atoms with Crippen LogP contribution in [0, 0.1) is 5.41 Å². The van der Waals surface area contributed by atoms with Gasteiger partial charge in [-0.2, -0.15) is 0 Å². The van der Waals surface area contributed by atoms with E-state index in [4.69, 9.17) is 11.1 Å². The molecule has 1 rings (SSSR count). The molecule has 0 aromatic heterocycles. The van der Waals surface area contributed by atoms with Gasteiger partial charge in [0.1, 0.15) is 0 Å². The van der Waals surface area contributed by atoms with Gasteiger partial charge in [0.05, 0.1) is 0 Å². The molecule has 96 valence electrons. The highest BCUT2D eigenvalue weighted by atomic mass is 32.2. The Hall–Kier alpha value is -1.75. The summed E-state index contributed by atoms with van der Waals surface area (Å²) < 4.78 is 0. The average Bonchev–Trinajstić information content (AvgIpc) is 2.38. The van der Waals surface area contributed by atoms with E-state index in [0.717, 1.165) is 33.5 Å². The van der Waals surface area contributed by atoms with Crippen molar-refractivity contribution in [2.45, 2.75) is 17.7 Å². The van der Waals surface area contributed by atoms with Crippen LogP contribution in [0.2, 0.25) is 0 Å². The van der Waals surface area contributed by atoms with Gasteiger partial charge in [-0.1, -0.05) is 24.8 Å². The van der Waals surface area contributed by atoms with Gasteiger partial charge in [0.25, 0.3) is 0 Å². The first kappa shape index (κ1) is 14.3. The van der Waals surface area contributed by atoms with Gasteiger partial charge >= 0.3 is 0 Å². The maximum absolute atomic E-state index is 10.6. The van der Waals surface area contributed by atoms with E-state index in [1.165, 1.54) is 6.21 Å². The summed E-state index contributed by atoms with van der Waals surface area (Å²) in [4.78, 5) is 11.5. The van der Waals surface area contributed by atoms with E-state index in [-0.39, 0.29) is 5.92 Å². The van der Waals surface area contributed by atoms with Crippen LogP contribution in [-0.2, 0) is 4.79 Å². The maximum atomic E-state index is 10.6. The average molecular weight is 263 g/mol. The van der Waals surface area contributed by atoms with Crippen LogP contribution in [0.3, 0.4) is 0 Å². The molecule has 0 fully saturated rings. The summed E-state index contributed by atoms with van der Waals surface area (Å²) >= 11 is 1.13. The van der Waals surface area contributed by atoms with Crippen molar-refractivity contribution < 1.29 is 4.79 Å². The standard InChI is InChI=1S/C13H17N3OS/c1-9(11(15)5-6-14)10-3-4-12(16-2)13(7-10)18-8-17/h3-9,14,16H,15H2,1-2H3/b11-5-,14-6?. The molecule has 1 aromatic rings. The summed E-state index contributed by atoms with van der Waals surface area (Å²) in [7, 11) is 1.82. The molecule has 4 nitrogen and oxygen atoms in total. The molecule has 0 amide bonds. The van der Waals surface area contributed by atoms with Crippen molar-refractivity contribution in [1.82, 2.24) is 0 Å². The summed E-state index contributed by atoms with van der Waals surface area (Å²) in [5.41, 5.74) is 9.24. The zero-order valence-corrected chi connectivity index (χ0v) is 11.3. The van der Waals surface area contributed by atoms with Gasteiger partial charge in [-0.15, -0.1) is 0 Å². The summed E-state index contributed by atoms with van der Waals surface area (Å²) in [6.45, 7) is 1.97. The van der Waals surface area contributed by atoms with Gasteiger partial charge in [-0.05, 0) is 23.8 Å². The lowest BCUT2D eigenvalue weighted by molar-refractivity contribution is 0.570. The first-order valence-electron chi connectivity index (χ1n) is 5.52. The Morgan fingerprint density at radius 3 is 2.83 bits per heavy atom. The largest absolute Gasteiger partial charge is 0.402 e. The number of rotatable bonds is 6. The highest BCUT2D eigenvalue weighted by Gasteiger charge is 2.11. The fraction of sp³-hybridized carbons (Fsp3) is 0.231. The van der Waals surface area contributed by atoms with Crippen molar-refractivity contribution in [2.24, 2.45) is 5.73 Å². The highest BCUT2D eigenvalue weighted by Crippen LogP contribution is 2.30. The van der Waals surface area contributed by atoms with Crippen LogP contribution in [0.5, 0.6) is 0 Å². The molecule has 0 heterocycles. The molecule has 0 aliphatic rings. The summed E-state index contributed by atoms with van der Waals surface area (Å²) in [5, 5.41) is 10.1. The van der Waals surface area contributed by atoms with E-state index in [0.29, 0.717) is 5.70 Å². The lowest BCUT2D eigenvalue weighted by atomic mass is 9.97. The number of carbonyl (C=O) groups excluding carboxylic acids is 1. The van der Waals surface area contributed by atoms with Crippen LogP contribution in [0.15, 0.2) is 34.9 Å². The quantitative estimate of drug-likeness (QED) is 0.419. The molecule has 0 bridgehead atoms. The SMILES string of the molecule is CNc1ccc(C(C)/C(N)=C/C=N)cc1SC=O. The van der Waals surface area contributed by atoms with Crippen LogP contribution in [0.25, 0.3) is 0 Å². The molecule has 4 N–H and O–H groups in total. The van der Waals surface area contributed by atoms with Gasteiger partial charge in [0.2, 0.25) is 0 Å². The van der Waals surface area contributed by atoms with Crippen molar-refractivity contribution >= 4 is 29.3 Å². The third kappa shape index (κ3) is 3.37. The van der Waals surface area contributed by atoms with Crippen LogP contribution in [-0.4, -0.2) is 18.9 Å². The molecular formula is C13H17N3OS. The maximum Gasteiger partial charge on any atom is 0.181 e. The lowest BCUT2D eigenvalue weighted by Gasteiger charge is -2.15. The molecule has 1 aromatic carbocycles. The summed E-state index contributed by atoms with van der Waals surface area (Å²) in [5.74, 6) is 0.0171. The van der Waals surface area contributed by atoms with Gasteiger partial charge in [-0.25, -0.2) is 0 Å². The highest BCUT2D eigenvalue weighted by molar-refractivity contribution is 8.12. The number of thioether (sulfide) groups is 1. The molecule has 5 heteroatoms. The number of anilines is 1. The van der Waals surface area contributed by atoms with Crippen molar-refractivity contribution in [3.63, 3.8) is 0 Å². The monoisotopic (exact) mass is 263 g/mol. The van der Waals surface area contributed by atoms with Gasteiger partial charge in [0.15, 0.2) is 5.62 Å². The third-order valence-corrected chi connectivity index (χ3v) is 3.41. The molecule has 18 heavy (non-hydrogen) atoms. The normalized spacial score (nSPS) is 12.9. The Bertz CT molecular complexity index is 471. The fourth-order valence-corrected chi connectivity index (χ4v) is 2.20. The first-order chi connectivity index (χ1) is 8.63. The molecule has 1 atom stereocenters. The molecule has 0 radical (unpaired) electrons. The van der Waals surface area contributed by atoms with E-state index in [1.807, 2.05) is 32.2 Å². The molecule has 0 aliphatic heterocycles. The number of carbonyl (C=O) groups is 1. The molecule has 0 saturated carbocycles. The predicted octanol–water partition coefficient (Wildman–Crippen LogP) is 2.61. The Morgan fingerprint density at radius 2 is 2.28 bits per heavy atom. The van der Waals surface area contributed by atoms with Gasteiger partial charge in [-0.3, -0.25) is 4.79 Å². The van der Waals surface area contributed by atoms with Crippen molar-refractivity contribution in [3.8, 4) is 0 Å². The second-order valence-corrected chi connectivity index (χ2v) is 4.64. The number of nitrogens with one attached hydrogen (secondary N) is 2. The zero-order valence-electron chi connectivity index (χ0n) is 10.4. The van der Waals surface area contributed by atoms with Crippen LogP contribution >= 0.6 is 11.8 Å². The number of nitrogens with two attached hydrogens (primary N) is 1. The Labute approximate surface area is 111 Å². The van der Waals surface area contributed by atoms with Crippen molar-refractivity contribution in [3.05, 3.63) is 35.5 Å². The van der Waals surface area contributed by atoms with Crippen LogP contribution in [0.4, 0.5) is 5.69 Å². The summed E-state index contributed by atoms with van der Waals surface area (Å²) in [6.07, 6.45) is 2.75. The number of hydrogen-bond acceptors (Lipinski definition) is 5. The third-order valence-electron chi connectivity index (χ3n) is 2.73. The van der Waals surface area contributed by atoms with E-state index in [9.17, 15) is 4.79 Å². The minimum atomic E-state index is 0.0171. The summed E-state index contributed by atoms with van der Waals surface area (Å²) in [6, 6.07) is 5.84. The van der Waals surface area contributed by atoms with E-state index in [2.05, 4.69) is 5.32 Å². The van der Waals surface area contributed by atoms with Gasteiger partial charge in [0, 0.05) is 35.5 Å². The smallest absolute Gasteiger partial charge is 0.181 e. The Kier molecular flexibility index (Phi) is 5.45. The fourth-order valence-electron chi connectivity index (χ4n) is 1.60. The van der Waals surface area contributed by atoms with E-state index >= 15 is 0 Å². The first-order valence-corrected chi connectivity index (χ1v) is 6.40. The van der Waals surface area contributed by atoms with Gasteiger partial charge < -0.3 is 16.5 Å². The molecule has 0 aliphatic carbocycles. The van der Waals surface area contributed by atoms with Crippen LogP contribution < -0.4 is 11.1 Å². The number of allylic oxidation sites excluding steroid dienone is 2. The second-order valence-electron chi connectivity index (χ2n) is 3.77. The zero-order chi connectivity index (χ0) is 13.5. The van der Waals surface area contributed by atoms with Crippen molar-refractivity contribution in [1.29, 1.82) is 5.41 Å². The van der Waals surface area contributed by atoms with Crippen molar-refractivity contribution in [2.75, 3.05) is 12.4 Å². The minimum Gasteiger partial charge on any atom is -0.402 e. The molecule has 0 saturated heterocycles. The topological polar surface area (TPSA) is 79.0 Å². The Morgan fingerprint density at radius 1 is 1.56 bits per heavy atom. The molecule has 0 spiro atoms. The number of hydrogen-bond donors (Lipinski definition) is 3. The predicted molar refractivity (Wildman–Crippen MR) is 78.1 cm³/mol. The van der Waals surface area contributed by atoms with Crippen LogP contribution in [0.1, 0.15) is 18.4 Å². The second kappa shape index (κ2) is 6.86. The van der Waals surface area contributed by atoms with E-state index < -0.39 is 0 Å². The minimum absolute atomic E-state index is 0.0171. The molecule has 1 unspecified atom stereocenters. The number of benzene rings is 1.